The quantitative estimate of drug-likeness (QED) is 0.459. The van der Waals surface area contributed by atoms with E-state index in [1.54, 1.807) is 4.68 Å². The molecule has 1 N–H and O–H groups in total. The Morgan fingerprint density at radius 1 is 1.00 bits per heavy atom. The van der Waals surface area contributed by atoms with Gasteiger partial charge in [-0.3, -0.25) is 4.79 Å². The number of nitrogens with one attached hydrogen (secondary N) is 1. The van der Waals surface area contributed by atoms with Crippen molar-refractivity contribution in [2.75, 3.05) is 12.1 Å². The molecule has 0 radical (unpaired) electrons. The van der Waals surface area contributed by atoms with Crippen molar-refractivity contribution in [1.82, 2.24) is 19.7 Å². The van der Waals surface area contributed by atoms with Gasteiger partial charge in [0.15, 0.2) is 11.5 Å². The zero-order valence-electron chi connectivity index (χ0n) is 18.5. The van der Waals surface area contributed by atoms with Crippen LogP contribution < -0.4 is 14.8 Å². The molecule has 0 bridgehead atoms. The van der Waals surface area contributed by atoms with Crippen LogP contribution in [-0.2, 0) is 4.79 Å². The lowest BCUT2D eigenvalue weighted by molar-refractivity contribution is -0.116. The summed E-state index contributed by atoms with van der Waals surface area (Å²) in [6.07, 6.45) is 0.270. The van der Waals surface area contributed by atoms with E-state index in [4.69, 9.17) is 26.2 Å². The summed E-state index contributed by atoms with van der Waals surface area (Å²) in [5.74, 6) is 1.98. The van der Waals surface area contributed by atoms with E-state index >= 15 is 0 Å². The molecule has 2 aromatic heterocycles. The molecule has 2 aliphatic rings. The number of benzene rings is 2. The van der Waals surface area contributed by atoms with Crippen LogP contribution in [0.2, 0.25) is 5.02 Å². The van der Waals surface area contributed by atoms with E-state index in [0.29, 0.717) is 28.3 Å². The van der Waals surface area contributed by atoms with Crippen molar-refractivity contribution >= 4 is 23.3 Å². The number of ether oxygens (including phenoxy) is 2. The average molecular weight is 474 g/mol. The molecule has 8 nitrogen and oxygen atoms in total. The summed E-state index contributed by atoms with van der Waals surface area (Å²) in [5.41, 5.74) is 5.08. The maximum absolute atomic E-state index is 12.9. The Kier molecular flexibility index (Phi) is 4.77. The van der Waals surface area contributed by atoms with Gasteiger partial charge in [0.25, 0.3) is 5.95 Å². The van der Waals surface area contributed by atoms with Gasteiger partial charge >= 0.3 is 0 Å². The second kappa shape index (κ2) is 7.85. The highest BCUT2D eigenvalue weighted by molar-refractivity contribution is 6.30. The lowest BCUT2D eigenvalue weighted by atomic mass is 9.84. The standard InChI is InChI=1S/C25H20ClN5O3/c1-13-9-14(2)28-25(27-13)31-24-22(23(30-31)15-3-6-17(26)7-4-15)18(11-21(32)29-24)16-5-8-19-20(10-16)34-12-33-19/h3-10,18H,11-12H2,1-2H3,(H,29,32)/t18-/m0/s1. The summed E-state index contributed by atoms with van der Waals surface area (Å²) in [5, 5.41) is 8.56. The number of carbonyl (C=O) groups is 1. The van der Waals surface area contributed by atoms with Gasteiger partial charge in [0, 0.05) is 39.9 Å². The largest absolute Gasteiger partial charge is 0.454 e. The monoisotopic (exact) mass is 473 g/mol. The molecule has 0 unspecified atom stereocenters. The average Bonchev–Trinajstić information content (AvgIpc) is 3.42. The minimum Gasteiger partial charge on any atom is -0.454 e. The topological polar surface area (TPSA) is 91.2 Å². The van der Waals surface area contributed by atoms with Gasteiger partial charge in [-0.05, 0) is 49.7 Å². The van der Waals surface area contributed by atoms with E-state index < -0.39 is 0 Å². The highest BCUT2D eigenvalue weighted by Gasteiger charge is 2.35. The van der Waals surface area contributed by atoms with E-state index in [1.165, 1.54) is 0 Å². The normalized spacial score (nSPS) is 16.3. The van der Waals surface area contributed by atoms with Gasteiger partial charge in [0.05, 0.1) is 5.69 Å². The molecule has 170 valence electrons. The van der Waals surface area contributed by atoms with Gasteiger partial charge in [-0.15, -0.1) is 0 Å². The third-order valence-corrected chi connectivity index (χ3v) is 6.25. The van der Waals surface area contributed by atoms with Crippen LogP contribution in [0.5, 0.6) is 11.5 Å². The Bertz CT molecular complexity index is 1430. The molecule has 2 aromatic carbocycles. The fourth-order valence-electron chi connectivity index (χ4n) is 4.53. The summed E-state index contributed by atoms with van der Waals surface area (Å²) >= 11 is 6.15. The van der Waals surface area contributed by atoms with Crippen LogP contribution in [0, 0.1) is 13.8 Å². The number of carbonyl (C=O) groups excluding carboxylic acids is 1. The molecule has 1 atom stereocenters. The Labute approximate surface area is 200 Å². The van der Waals surface area contributed by atoms with E-state index in [0.717, 1.165) is 33.8 Å². The van der Waals surface area contributed by atoms with Gasteiger partial charge in [0.1, 0.15) is 5.82 Å². The number of fused-ring (bicyclic) bond motifs is 2. The van der Waals surface area contributed by atoms with E-state index in [1.807, 2.05) is 62.4 Å². The first-order valence-electron chi connectivity index (χ1n) is 10.9. The summed E-state index contributed by atoms with van der Waals surface area (Å²) in [7, 11) is 0. The molecule has 6 rings (SSSR count). The van der Waals surface area contributed by atoms with Gasteiger partial charge in [0.2, 0.25) is 12.7 Å². The van der Waals surface area contributed by atoms with Crippen molar-refractivity contribution in [3.8, 4) is 28.7 Å². The van der Waals surface area contributed by atoms with Crippen LogP contribution in [0.4, 0.5) is 5.82 Å². The molecule has 0 spiro atoms. The maximum Gasteiger partial charge on any atom is 0.252 e. The summed E-state index contributed by atoms with van der Waals surface area (Å²) in [6, 6.07) is 15.2. The van der Waals surface area contributed by atoms with E-state index in [-0.39, 0.29) is 25.0 Å². The predicted octanol–water partition coefficient (Wildman–Crippen LogP) is 4.80. The van der Waals surface area contributed by atoms with Gasteiger partial charge in [-0.25, -0.2) is 9.97 Å². The number of hydrogen-bond donors (Lipinski definition) is 1. The highest BCUT2D eigenvalue weighted by atomic mass is 35.5. The predicted molar refractivity (Wildman–Crippen MR) is 127 cm³/mol. The molecule has 34 heavy (non-hydrogen) atoms. The SMILES string of the molecule is Cc1cc(C)nc(-n2nc(-c3ccc(Cl)cc3)c3c2NC(=O)C[C@H]3c2ccc3c(c2)OCO3)n1. The molecule has 2 aliphatic heterocycles. The Balaban J connectivity index is 1.59. The molecular formula is C25H20ClN5O3. The molecule has 1 amide bonds. The molecule has 0 saturated carbocycles. The molecule has 4 aromatic rings. The fraction of sp³-hybridized carbons (Fsp3) is 0.200. The number of aryl methyl sites for hydroxylation is 2. The van der Waals surface area contributed by atoms with Crippen LogP contribution in [0.1, 0.15) is 34.9 Å². The second-order valence-corrected chi connectivity index (χ2v) is 8.83. The number of amides is 1. The first-order chi connectivity index (χ1) is 16.5. The van der Waals surface area contributed by atoms with Crippen molar-refractivity contribution in [3.63, 3.8) is 0 Å². The van der Waals surface area contributed by atoms with Crippen LogP contribution in [0.3, 0.4) is 0 Å². The zero-order valence-corrected chi connectivity index (χ0v) is 19.3. The van der Waals surface area contributed by atoms with Crippen molar-refractivity contribution in [1.29, 1.82) is 0 Å². The molecule has 9 heteroatoms. The summed E-state index contributed by atoms with van der Waals surface area (Å²) in [4.78, 5) is 22.1. The number of aromatic nitrogens is 4. The summed E-state index contributed by atoms with van der Waals surface area (Å²) < 4.78 is 12.7. The third-order valence-electron chi connectivity index (χ3n) is 5.99. The van der Waals surface area contributed by atoms with Gasteiger partial charge in [-0.2, -0.15) is 9.78 Å². The second-order valence-electron chi connectivity index (χ2n) is 8.40. The number of nitrogens with zero attached hydrogens (tertiary/aromatic N) is 4. The van der Waals surface area contributed by atoms with Crippen LogP contribution in [-0.4, -0.2) is 32.4 Å². The smallest absolute Gasteiger partial charge is 0.252 e. The minimum atomic E-state index is -0.247. The van der Waals surface area contributed by atoms with Crippen LogP contribution >= 0.6 is 11.6 Å². The lowest BCUT2D eigenvalue weighted by Gasteiger charge is -2.24. The Morgan fingerprint density at radius 3 is 2.50 bits per heavy atom. The number of halogens is 1. The Hall–Kier alpha value is -3.91. The molecule has 0 saturated heterocycles. The third kappa shape index (κ3) is 3.47. The molecular weight excluding hydrogens is 454 g/mol. The lowest BCUT2D eigenvalue weighted by Crippen LogP contribution is -2.25. The van der Waals surface area contributed by atoms with Crippen LogP contribution in [0.15, 0.2) is 48.5 Å². The van der Waals surface area contributed by atoms with E-state index in [2.05, 4.69) is 15.3 Å². The fourth-order valence-corrected chi connectivity index (χ4v) is 4.66. The maximum atomic E-state index is 12.9. The van der Waals surface area contributed by atoms with Crippen LogP contribution in [0.25, 0.3) is 17.2 Å². The first-order valence-corrected chi connectivity index (χ1v) is 11.2. The number of rotatable bonds is 3. The van der Waals surface area contributed by atoms with Gasteiger partial charge < -0.3 is 14.8 Å². The van der Waals surface area contributed by atoms with Crippen molar-refractivity contribution in [2.24, 2.45) is 0 Å². The molecule has 0 aliphatic carbocycles. The first kappa shape index (κ1) is 20.7. The number of hydrogen-bond acceptors (Lipinski definition) is 6. The molecule has 4 heterocycles. The Morgan fingerprint density at radius 2 is 1.74 bits per heavy atom. The van der Waals surface area contributed by atoms with Crippen molar-refractivity contribution < 1.29 is 14.3 Å². The molecule has 0 fully saturated rings. The van der Waals surface area contributed by atoms with Gasteiger partial charge in [-0.1, -0.05) is 29.8 Å². The van der Waals surface area contributed by atoms with Crippen molar-refractivity contribution in [2.45, 2.75) is 26.2 Å². The highest BCUT2D eigenvalue weighted by Crippen LogP contribution is 2.45. The summed E-state index contributed by atoms with van der Waals surface area (Å²) in [6.45, 7) is 4.00. The number of anilines is 1. The zero-order chi connectivity index (χ0) is 23.4. The van der Waals surface area contributed by atoms with Crippen molar-refractivity contribution in [3.05, 3.63) is 76.1 Å². The van der Waals surface area contributed by atoms with E-state index in [9.17, 15) is 4.79 Å². The minimum absolute atomic E-state index is 0.108.